The van der Waals surface area contributed by atoms with Crippen molar-refractivity contribution in [1.82, 2.24) is 0 Å². The van der Waals surface area contributed by atoms with Crippen LogP contribution in [0.4, 0.5) is 0 Å². The van der Waals surface area contributed by atoms with Crippen LogP contribution in [0.1, 0.15) is 5.56 Å². The lowest BCUT2D eigenvalue weighted by Crippen LogP contribution is -2.04. The van der Waals surface area contributed by atoms with Gasteiger partial charge in [0.15, 0.2) is 0 Å². The number of ether oxygens (including phenoxy) is 2. The first-order chi connectivity index (χ1) is 7.09. The molecule has 3 nitrogen and oxygen atoms in total. The number of hydrogen-bond donors (Lipinski definition) is 1. The highest BCUT2D eigenvalue weighted by Gasteiger charge is 2.24. The van der Waals surface area contributed by atoms with Crippen molar-refractivity contribution in [2.24, 2.45) is 0 Å². The Kier molecular flexibility index (Phi) is 3.23. The summed E-state index contributed by atoms with van der Waals surface area (Å²) < 4.78 is 12.0. The van der Waals surface area contributed by atoms with E-state index in [1.165, 1.54) is 0 Å². The van der Waals surface area contributed by atoms with Gasteiger partial charge >= 0.3 is 0 Å². The zero-order chi connectivity index (χ0) is 11.0. The first kappa shape index (κ1) is 11.2. The van der Waals surface area contributed by atoms with Crippen molar-refractivity contribution in [2.75, 3.05) is 13.2 Å². The van der Waals surface area contributed by atoms with E-state index < -0.39 is 0 Å². The van der Waals surface area contributed by atoms with E-state index in [0.717, 1.165) is 16.6 Å². The highest BCUT2D eigenvalue weighted by Crippen LogP contribution is 2.41. The molecule has 15 heavy (non-hydrogen) atoms. The summed E-state index contributed by atoms with van der Waals surface area (Å²) in [6, 6.07) is 1.80. The fraction of sp³-hybridized carbons (Fsp3) is 0.400. The quantitative estimate of drug-likeness (QED) is 0.862. The SMILES string of the molecule is Cc1cc(OCC2CO2)c(Br)c(Br)c1O. The lowest BCUT2D eigenvalue weighted by Gasteiger charge is -2.11. The minimum atomic E-state index is 0.227. The van der Waals surface area contributed by atoms with Crippen LogP contribution in [-0.4, -0.2) is 24.4 Å². The summed E-state index contributed by atoms with van der Waals surface area (Å²) in [5.74, 6) is 0.949. The highest BCUT2D eigenvalue weighted by atomic mass is 79.9. The molecular formula is C10H10Br2O3. The van der Waals surface area contributed by atoms with Gasteiger partial charge in [0, 0.05) is 0 Å². The molecule has 1 heterocycles. The minimum Gasteiger partial charge on any atom is -0.506 e. The van der Waals surface area contributed by atoms with Gasteiger partial charge < -0.3 is 14.6 Å². The van der Waals surface area contributed by atoms with E-state index in [9.17, 15) is 5.11 Å². The second-order valence-corrected chi connectivity index (χ2v) is 5.02. The number of epoxide rings is 1. The molecule has 1 aliphatic heterocycles. The Morgan fingerprint density at radius 2 is 2.20 bits per heavy atom. The Morgan fingerprint density at radius 1 is 1.53 bits per heavy atom. The summed E-state index contributed by atoms with van der Waals surface area (Å²) in [6.45, 7) is 3.15. The molecule has 1 fully saturated rings. The molecule has 0 aromatic heterocycles. The van der Waals surface area contributed by atoms with E-state index in [0.29, 0.717) is 16.8 Å². The van der Waals surface area contributed by atoms with Gasteiger partial charge in [-0.1, -0.05) is 0 Å². The molecule has 0 bridgehead atoms. The summed E-state index contributed by atoms with van der Waals surface area (Å²) in [7, 11) is 0. The highest BCUT2D eigenvalue weighted by molar-refractivity contribution is 9.13. The normalized spacial score (nSPS) is 19.0. The summed E-state index contributed by atoms with van der Waals surface area (Å²) in [4.78, 5) is 0. The van der Waals surface area contributed by atoms with Crippen LogP contribution in [0.5, 0.6) is 11.5 Å². The summed E-state index contributed by atoms with van der Waals surface area (Å²) in [5, 5.41) is 9.64. The van der Waals surface area contributed by atoms with Gasteiger partial charge in [0.2, 0.25) is 0 Å². The molecule has 1 N–H and O–H groups in total. The standard InChI is InChI=1S/C10H10Br2O3/c1-5-2-7(15-4-6-3-14-6)8(11)9(12)10(5)13/h2,6,13H,3-4H2,1H3. The second-order valence-electron chi connectivity index (χ2n) is 3.43. The van der Waals surface area contributed by atoms with Crippen molar-refractivity contribution in [1.29, 1.82) is 0 Å². The number of phenolic OH excluding ortho intramolecular Hbond substituents is 1. The Hall–Kier alpha value is -0.260. The zero-order valence-electron chi connectivity index (χ0n) is 8.09. The number of halogens is 2. The first-order valence-corrected chi connectivity index (χ1v) is 6.10. The van der Waals surface area contributed by atoms with Gasteiger partial charge in [-0.25, -0.2) is 0 Å². The molecule has 0 spiro atoms. The number of benzene rings is 1. The van der Waals surface area contributed by atoms with E-state index in [1.807, 2.05) is 6.92 Å². The number of phenols is 1. The monoisotopic (exact) mass is 336 g/mol. The smallest absolute Gasteiger partial charge is 0.135 e. The van der Waals surface area contributed by atoms with Crippen LogP contribution in [0.25, 0.3) is 0 Å². The molecule has 0 saturated carbocycles. The molecule has 0 radical (unpaired) electrons. The van der Waals surface area contributed by atoms with E-state index in [4.69, 9.17) is 9.47 Å². The molecule has 1 aromatic carbocycles. The van der Waals surface area contributed by atoms with Crippen LogP contribution in [0.3, 0.4) is 0 Å². The number of aromatic hydroxyl groups is 1. The third kappa shape index (κ3) is 2.46. The summed E-state index contributed by atoms with van der Waals surface area (Å²) in [5.41, 5.74) is 0.775. The Labute approximate surface area is 105 Å². The Bertz CT molecular complexity index is 389. The molecule has 1 saturated heterocycles. The van der Waals surface area contributed by atoms with Crippen LogP contribution in [-0.2, 0) is 4.74 Å². The van der Waals surface area contributed by atoms with Gasteiger partial charge in [-0.2, -0.15) is 0 Å². The molecule has 2 rings (SSSR count). The fourth-order valence-corrected chi connectivity index (χ4v) is 2.09. The third-order valence-electron chi connectivity index (χ3n) is 2.17. The predicted molar refractivity (Wildman–Crippen MR) is 63.5 cm³/mol. The predicted octanol–water partition coefficient (Wildman–Crippen LogP) is 3.00. The molecule has 82 valence electrons. The largest absolute Gasteiger partial charge is 0.506 e. The van der Waals surface area contributed by atoms with E-state index in [-0.39, 0.29) is 11.9 Å². The zero-order valence-corrected chi connectivity index (χ0v) is 11.3. The van der Waals surface area contributed by atoms with E-state index >= 15 is 0 Å². The van der Waals surface area contributed by atoms with Gasteiger partial charge in [0.25, 0.3) is 0 Å². The first-order valence-electron chi connectivity index (χ1n) is 4.51. The topological polar surface area (TPSA) is 42.0 Å². The average molecular weight is 338 g/mol. The summed E-state index contributed by atoms with van der Waals surface area (Å²) in [6.07, 6.45) is 0.227. The molecule has 0 amide bonds. The Balaban J connectivity index is 2.21. The van der Waals surface area contributed by atoms with Crippen LogP contribution < -0.4 is 4.74 Å². The maximum Gasteiger partial charge on any atom is 0.135 e. The van der Waals surface area contributed by atoms with Crippen LogP contribution in [0.2, 0.25) is 0 Å². The van der Waals surface area contributed by atoms with E-state index in [2.05, 4.69) is 31.9 Å². The Morgan fingerprint density at radius 3 is 2.80 bits per heavy atom. The van der Waals surface area contributed by atoms with Crippen LogP contribution in [0.15, 0.2) is 15.0 Å². The molecule has 1 atom stereocenters. The van der Waals surface area contributed by atoms with Crippen molar-refractivity contribution in [2.45, 2.75) is 13.0 Å². The summed E-state index contributed by atoms with van der Waals surface area (Å²) >= 11 is 6.66. The van der Waals surface area contributed by atoms with E-state index in [1.54, 1.807) is 6.07 Å². The molecule has 1 aliphatic rings. The average Bonchev–Trinajstić information content (AvgIpc) is 3.02. The second kappa shape index (κ2) is 4.31. The van der Waals surface area contributed by atoms with Crippen molar-refractivity contribution in [3.63, 3.8) is 0 Å². The van der Waals surface area contributed by atoms with Gasteiger partial charge in [-0.15, -0.1) is 0 Å². The molecule has 1 unspecified atom stereocenters. The third-order valence-corrected chi connectivity index (χ3v) is 4.26. The lowest BCUT2D eigenvalue weighted by atomic mass is 10.2. The fourth-order valence-electron chi connectivity index (χ4n) is 1.17. The van der Waals surface area contributed by atoms with Crippen molar-refractivity contribution < 1.29 is 14.6 Å². The molecule has 0 aliphatic carbocycles. The molecule has 1 aromatic rings. The van der Waals surface area contributed by atoms with Crippen LogP contribution in [0, 0.1) is 6.92 Å². The van der Waals surface area contributed by atoms with Crippen molar-refractivity contribution >= 4 is 31.9 Å². The van der Waals surface area contributed by atoms with Crippen molar-refractivity contribution in [3.05, 3.63) is 20.6 Å². The minimum absolute atomic E-state index is 0.227. The van der Waals surface area contributed by atoms with Crippen LogP contribution >= 0.6 is 31.9 Å². The van der Waals surface area contributed by atoms with Gasteiger partial charge in [0.1, 0.15) is 24.2 Å². The number of aryl methyl sites for hydroxylation is 1. The van der Waals surface area contributed by atoms with Gasteiger partial charge in [-0.3, -0.25) is 0 Å². The number of rotatable bonds is 3. The molecular weight excluding hydrogens is 328 g/mol. The lowest BCUT2D eigenvalue weighted by molar-refractivity contribution is 0.261. The maximum absolute atomic E-state index is 9.64. The van der Waals surface area contributed by atoms with Gasteiger partial charge in [0.05, 0.1) is 15.6 Å². The van der Waals surface area contributed by atoms with Crippen molar-refractivity contribution in [3.8, 4) is 11.5 Å². The maximum atomic E-state index is 9.64. The van der Waals surface area contributed by atoms with Gasteiger partial charge in [-0.05, 0) is 50.4 Å². The number of hydrogen-bond acceptors (Lipinski definition) is 3. The molecule has 5 heteroatoms.